The number of hydrogen-bond acceptors (Lipinski definition) is 3. The first-order chi connectivity index (χ1) is 10.2. The Morgan fingerprint density at radius 3 is 2.76 bits per heavy atom. The number of para-hydroxylation sites is 1. The highest BCUT2D eigenvalue weighted by Gasteiger charge is 2.14. The van der Waals surface area contributed by atoms with Crippen LogP contribution in [0.1, 0.15) is 25.1 Å². The van der Waals surface area contributed by atoms with Crippen LogP contribution in [0, 0.1) is 0 Å². The summed E-state index contributed by atoms with van der Waals surface area (Å²) in [5.74, 6) is 0.700. The van der Waals surface area contributed by atoms with E-state index in [4.69, 9.17) is 10.2 Å². The van der Waals surface area contributed by atoms with Crippen LogP contribution in [0.4, 0.5) is 0 Å². The number of nitrogens with zero attached hydrogens (tertiary/aromatic N) is 2. The maximum absolute atomic E-state index is 12.1. The molecule has 0 aliphatic carbocycles. The Morgan fingerprint density at radius 2 is 2.00 bits per heavy atom. The third-order valence-corrected chi connectivity index (χ3v) is 3.59. The van der Waals surface area contributed by atoms with Crippen molar-refractivity contribution in [3.63, 3.8) is 0 Å². The topological polar surface area (TPSA) is 66.1 Å². The fraction of sp³-hybridized carbons (Fsp3) is 0.312. The van der Waals surface area contributed by atoms with Crippen molar-refractivity contribution in [3.05, 3.63) is 59.0 Å². The van der Waals surface area contributed by atoms with E-state index >= 15 is 0 Å². The van der Waals surface area contributed by atoms with E-state index in [0.29, 0.717) is 12.3 Å². The van der Waals surface area contributed by atoms with E-state index in [9.17, 15) is 4.79 Å². The minimum atomic E-state index is -0.340. The zero-order valence-electron chi connectivity index (χ0n) is 12.0. The summed E-state index contributed by atoms with van der Waals surface area (Å²) in [7, 11) is 0. The van der Waals surface area contributed by atoms with Crippen molar-refractivity contribution < 1.29 is 4.42 Å². The van der Waals surface area contributed by atoms with Gasteiger partial charge in [-0.25, -0.2) is 4.79 Å². The van der Waals surface area contributed by atoms with Gasteiger partial charge in [-0.2, -0.15) is 0 Å². The van der Waals surface area contributed by atoms with E-state index in [0.717, 1.165) is 23.9 Å². The summed E-state index contributed by atoms with van der Waals surface area (Å²) in [5.41, 5.74) is 6.97. The van der Waals surface area contributed by atoms with E-state index in [1.165, 1.54) is 0 Å². The highest BCUT2D eigenvalue weighted by molar-refractivity contribution is 5.77. The maximum atomic E-state index is 12.1. The second-order valence-corrected chi connectivity index (χ2v) is 5.22. The summed E-state index contributed by atoms with van der Waals surface area (Å²) in [5, 5.41) is 1.03. The van der Waals surface area contributed by atoms with Crippen LogP contribution in [0.15, 0.2) is 51.9 Å². The number of benzene rings is 1. The average Bonchev–Trinajstić information content (AvgIpc) is 3.06. The smallest absolute Gasteiger partial charge is 0.328 e. The molecule has 5 heteroatoms. The number of nitrogens with two attached hydrogens (primary N) is 1. The first kappa shape index (κ1) is 13.7. The van der Waals surface area contributed by atoms with Gasteiger partial charge in [-0.15, -0.1) is 0 Å². The lowest BCUT2D eigenvalue weighted by molar-refractivity contribution is 0.447. The Hall–Kier alpha value is -2.27. The molecule has 3 rings (SSSR count). The number of fused-ring (bicyclic) bond motifs is 1. The third-order valence-electron chi connectivity index (χ3n) is 3.59. The van der Waals surface area contributed by atoms with Crippen LogP contribution in [0.25, 0.3) is 11.0 Å². The van der Waals surface area contributed by atoms with Gasteiger partial charge >= 0.3 is 5.69 Å². The van der Waals surface area contributed by atoms with Crippen LogP contribution in [0.2, 0.25) is 0 Å². The molecule has 5 nitrogen and oxygen atoms in total. The number of aromatic nitrogens is 2. The molecule has 0 saturated heterocycles. The van der Waals surface area contributed by atoms with E-state index < -0.39 is 0 Å². The van der Waals surface area contributed by atoms with E-state index in [2.05, 4.69) is 0 Å². The molecule has 0 radical (unpaired) electrons. The van der Waals surface area contributed by atoms with Crippen LogP contribution in [0.3, 0.4) is 0 Å². The summed E-state index contributed by atoms with van der Waals surface area (Å²) in [6, 6.07) is 9.38. The molecule has 0 aliphatic heterocycles. The molecule has 1 unspecified atom stereocenters. The average molecular weight is 285 g/mol. The Kier molecular flexibility index (Phi) is 3.66. The van der Waals surface area contributed by atoms with Crippen LogP contribution in [0.5, 0.6) is 0 Å². The predicted octanol–water partition coefficient (Wildman–Crippen LogP) is 2.51. The lowest BCUT2D eigenvalue weighted by atomic mass is 10.2. The van der Waals surface area contributed by atoms with E-state index in [1.807, 2.05) is 37.3 Å². The van der Waals surface area contributed by atoms with E-state index in [-0.39, 0.29) is 11.7 Å². The Morgan fingerprint density at radius 1 is 1.24 bits per heavy atom. The van der Waals surface area contributed by atoms with Crippen LogP contribution in [-0.4, -0.2) is 9.13 Å². The Balaban J connectivity index is 1.82. The monoisotopic (exact) mass is 285 g/mol. The molecule has 21 heavy (non-hydrogen) atoms. The second kappa shape index (κ2) is 5.61. The molecule has 3 aromatic rings. The molecule has 2 heterocycles. The fourth-order valence-electron chi connectivity index (χ4n) is 2.49. The number of aryl methyl sites for hydroxylation is 1. The van der Waals surface area contributed by atoms with Crippen molar-refractivity contribution in [1.29, 1.82) is 0 Å². The van der Waals surface area contributed by atoms with Crippen molar-refractivity contribution in [2.24, 2.45) is 5.73 Å². The minimum Gasteiger partial charge on any atom is -0.459 e. The van der Waals surface area contributed by atoms with Gasteiger partial charge in [0.05, 0.1) is 6.04 Å². The van der Waals surface area contributed by atoms with Crippen molar-refractivity contribution >= 4 is 11.0 Å². The van der Waals surface area contributed by atoms with Crippen molar-refractivity contribution in [3.8, 4) is 0 Å². The molecule has 0 aliphatic rings. The molecule has 0 amide bonds. The molecule has 1 atom stereocenters. The van der Waals surface area contributed by atoms with Crippen LogP contribution in [-0.2, 0) is 13.1 Å². The van der Waals surface area contributed by atoms with Crippen molar-refractivity contribution in [1.82, 2.24) is 9.13 Å². The van der Waals surface area contributed by atoms with Gasteiger partial charge in [0.25, 0.3) is 0 Å². The maximum Gasteiger partial charge on any atom is 0.328 e. The summed E-state index contributed by atoms with van der Waals surface area (Å²) < 4.78 is 9.08. The Bertz CT molecular complexity index is 764. The molecule has 2 N–H and O–H groups in total. The van der Waals surface area contributed by atoms with Gasteiger partial charge in [0, 0.05) is 30.9 Å². The quantitative estimate of drug-likeness (QED) is 0.783. The van der Waals surface area contributed by atoms with Gasteiger partial charge in [0.2, 0.25) is 0 Å². The number of rotatable bonds is 5. The number of imidazole rings is 1. The molecule has 0 bridgehead atoms. The van der Waals surface area contributed by atoms with E-state index in [1.54, 1.807) is 21.5 Å². The van der Waals surface area contributed by atoms with Gasteiger partial charge in [-0.1, -0.05) is 25.1 Å². The first-order valence-electron chi connectivity index (χ1n) is 7.18. The van der Waals surface area contributed by atoms with Gasteiger partial charge in [-0.3, -0.25) is 9.13 Å². The standard InChI is InChI=1S/C16H19N3O2/c1-2-7-18-8-9-19(16(18)20)11-13(17)15-10-12-5-3-4-6-14(12)21-15/h3-6,8-10,13H,2,7,11,17H2,1H3. The van der Waals surface area contributed by atoms with Gasteiger partial charge in [0.1, 0.15) is 11.3 Å². The molecule has 0 spiro atoms. The molecule has 0 fully saturated rings. The highest BCUT2D eigenvalue weighted by atomic mass is 16.3. The summed E-state index contributed by atoms with van der Waals surface area (Å²) in [6.45, 7) is 3.19. The summed E-state index contributed by atoms with van der Waals surface area (Å²) >= 11 is 0. The lowest BCUT2D eigenvalue weighted by Gasteiger charge is -2.08. The summed E-state index contributed by atoms with van der Waals surface area (Å²) in [6.07, 6.45) is 4.51. The zero-order valence-corrected chi connectivity index (χ0v) is 12.0. The zero-order chi connectivity index (χ0) is 14.8. The molecule has 0 saturated carbocycles. The van der Waals surface area contributed by atoms with Crippen molar-refractivity contribution in [2.75, 3.05) is 0 Å². The Labute approximate surface area is 122 Å². The lowest BCUT2D eigenvalue weighted by Crippen LogP contribution is -2.28. The fourth-order valence-corrected chi connectivity index (χ4v) is 2.49. The van der Waals surface area contributed by atoms with Gasteiger partial charge in [-0.05, 0) is 18.6 Å². The molecule has 110 valence electrons. The summed E-state index contributed by atoms with van der Waals surface area (Å²) in [4.78, 5) is 12.1. The number of hydrogen-bond donors (Lipinski definition) is 1. The molecular formula is C16H19N3O2. The second-order valence-electron chi connectivity index (χ2n) is 5.22. The molecule has 1 aromatic carbocycles. The highest BCUT2D eigenvalue weighted by Crippen LogP contribution is 2.23. The molecule has 2 aromatic heterocycles. The first-order valence-corrected chi connectivity index (χ1v) is 7.18. The molecular weight excluding hydrogens is 266 g/mol. The normalized spacial score (nSPS) is 12.9. The minimum absolute atomic E-state index is 0.0246. The number of furan rings is 1. The largest absolute Gasteiger partial charge is 0.459 e. The van der Waals surface area contributed by atoms with Crippen LogP contribution < -0.4 is 11.4 Å². The predicted molar refractivity (Wildman–Crippen MR) is 82.1 cm³/mol. The van der Waals surface area contributed by atoms with Crippen molar-refractivity contribution in [2.45, 2.75) is 32.5 Å². The third kappa shape index (κ3) is 2.64. The van der Waals surface area contributed by atoms with Crippen LogP contribution >= 0.6 is 0 Å². The SMILES string of the molecule is CCCn1ccn(CC(N)c2cc3ccccc3o2)c1=O. The van der Waals surface area contributed by atoms with Gasteiger partial charge in [0.15, 0.2) is 0 Å². The van der Waals surface area contributed by atoms with Gasteiger partial charge < -0.3 is 10.2 Å².